The number of piperidine rings is 1. The lowest BCUT2D eigenvalue weighted by atomic mass is 10.0. The van der Waals surface area contributed by atoms with Crippen LogP contribution in [0, 0.1) is 0 Å². The number of amides is 1. The number of likely N-dealkylation sites (tertiary alicyclic amines) is 1. The number of imidazole rings is 1. The Labute approximate surface area is 148 Å². The van der Waals surface area contributed by atoms with Crippen molar-refractivity contribution in [1.82, 2.24) is 19.9 Å². The Kier molecular flexibility index (Phi) is 4.68. The van der Waals surface area contributed by atoms with Crippen LogP contribution in [0.25, 0.3) is 0 Å². The molecule has 0 spiro atoms. The van der Waals surface area contributed by atoms with Gasteiger partial charge in [-0.2, -0.15) is 0 Å². The zero-order chi connectivity index (χ0) is 17.1. The topological polar surface area (TPSA) is 73.9 Å². The number of H-pyrrole nitrogens is 1. The Morgan fingerprint density at radius 3 is 2.76 bits per heavy atom. The first kappa shape index (κ1) is 16.1. The Morgan fingerprint density at radius 1 is 1.12 bits per heavy atom. The number of nitrogens with zero attached hydrogens (tertiary/aromatic N) is 3. The molecule has 1 saturated carbocycles. The van der Waals surface area contributed by atoms with E-state index in [4.69, 9.17) is 0 Å². The first-order chi connectivity index (χ1) is 12.3. The van der Waals surface area contributed by atoms with E-state index in [1.165, 1.54) is 25.7 Å². The molecule has 1 atom stereocenters. The van der Waals surface area contributed by atoms with Gasteiger partial charge in [0.05, 0.1) is 6.04 Å². The Hall–Kier alpha value is -2.37. The molecular formula is C19H25N5O. The number of nitrogens with one attached hydrogen (secondary N) is 2. The highest BCUT2D eigenvalue weighted by molar-refractivity contribution is 5.95. The second kappa shape index (κ2) is 7.25. The second-order valence-electron chi connectivity index (χ2n) is 7.04. The van der Waals surface area contributed by atoms with Gasteiger partial charge in [0.15, 0.2) is 0 Å². The molecule has 25 heavy (non-hydrogen) atoms. The minimum absolute atomic E-state index is 0.0376. The van der Waals surface area contributed by atoms with Crippen molar-refractivity contribution in [2.45, 2.75) is 57.0 Å². The van der Waals surface area contributed by atoms with Gasteiger partial charge in [0.2, 0.25) is 0 Å². The molecule has 2 aliphatic rings. The van der Waals surface area contributed by atoms with E-state index in [2.05, 4.69) is 20.3 Å². The monoisotopic (exact) mass is 339 g/mol. The average molecular weight is 339 g/mol. The molecule has 3 heterocycles. The number of carbonyl (C=O) groups is 1. The van der Waals surface area contributed by atoms with Crippen LogP contribution in [0.5, 0.6) is 0 Å². The summed E-state index contributed by atoms with van der Waals surface area (Å²) in [5, 5.41) is 3.48. The van der Waals surface area contributed by atoms with Crippen molar-refractivity contribution in [2.75, 3.05) is 11.9 Å². The number of carbonyl (C=O) groups excluding carboxylic acids is 1. The summed E-state index contributed by atoms with van der Waals surface area (Å²) in [7, 11) is 0. The maximum Gasteiger partial charge on any atom is 0.254 e. The van der Waals surface area contributed by atoms with Crippen LogP contribution in [0.2, 0.25) is 0 Å². The third kappa shape index (κ3) is 3.52. The third-order valence-electron chi connectivity index (χ3n) is 5.31. The lowest BCUT2D eigenvalue weighted by Crippen LogP contribution is -2.39. The predicted octanol–water partition coefficient (Wildman–Crippen LogP) is 3.53. The van der Waals surface area contributed by atoms with Gasteiger partial charge in [-0.25, -0.2) is 9.97 Å². The van der Waals surface area contributed by atoms with Crippen LogP contribution in [0.4, 0.5) is 5.82 Å². The van der Waals surface area contributed by atoms with E-state index < -0.39 is 0 Å². The van der Waals surface area contributed by atoms with Gasteiger partial charge in [-0.15, -0.1) is 0 Å². The molecule has 2 fully saturated rings. The van der Waals surface area contributed by atoms with Crippen LogP contribution >= 0.6 is 0 Å². The highest BCUT2D eigenvalue weighted by Gasteiger charge is 2.30. The molecule has 1 amide bonds. The molecular weight excluding hydrogens is 314 g/mol. The number of aromatic nitrogens is 3. The summed E-state index contributed by atoms with van der Waals surface area (Å²) < 4.78 is 0. The predicted molar refractivity (Wildman–Crippen MR) is 96.3 cm³/mol. The van der Waals surface area contributed by atoms with E-state index in [0.29, 0.717) is 11.6 Å². The van der Waals surface area contributed by atoms with Crippen molar-refractivity contribution in [1.29, 1.82) is 0 Å². The van der Waals surface area contributed by atoms with Gasteiger partial charge in [-0.3, -0.25) is 4.79 Å². The third-order valence-corrected chi connectivity index (χ3v) is 5.31. The van der Waals surface area contributed by atoms with E-state index in [0.717, 1.165) is 37.4 Å². The molecule has 1 saturated heterocycles. The highest BCUT2D eigenvalue weighted by Crippen LogP contribution is 2.30. The molecule has 0 radical (unpaired) electrons. The summed E-state index contributed by atoms with van der Waals surface area (Å²) in [5.74, 6) is 1.76. The molecule has 2 aromatic rings. The number of hydrogen-bond acceptors (Lipinski definition) is 4. The largest absolute Gasteiger partial charge is 0.367 e. The first-order valence-corrected chi connectivity index (χ1v) is 9.34. The smallest absolute Gasteiger partial charge is 0.254 e. The number of hydrogen-bond donors (Lipinski definition) is 2. The van der Waals surface area contributed by atoms with Crippen molar-refractivity contribution in [3.63, 3.8) is 0 Å². The van der Waals surface area contributed by atoms with Crippen molar-refractivity contribution in [3.05, 3.63) is 42.1 Å². The molecule has 1 aliphatic heterocycles. The summed E-state index contributed by atoms with van der Waals surface area (Å²) in [4.78, 5) is 27.0. The standard InChI is InChI=1S/C19H25N5O/c25-19(24-12-4-3-7-16(24)18-21-10-11-22-18)14-8-9-20-17(13-14)23-15-5-1-2-6-15/h8-11,13,15-16H,1-7,12H2,(H,20,23)(H,21,22)/t16-/m0/s1. The summed E-state index contributed by atoms with van der Waals surface area (Å²) >= 11 is 0. The van der Waals surface area contributed by atoms with Gasteiger partial charge in [0.1, 0.15) is 11.6 Å². The SMILES string of the molecule is O=C(c1ccnc(NC2CCCC2)c1)N1CCCC[C@H]1c1ncc[nH]1. The van der Waals surface area contributed by atoms with Crippen molar-refractivity contribution >= 4 is 11.7 Å². The lowest BCUT2D eigenvalue weighted by molar-refractivity contribution is 0.0601. The fourth-order valence-corrected chi connectivity index (χ4v) is 4.01. The van der Waals surface area contributed by atoms with Crippen LogP contribution in [-0.2, 0) is 0 Å². The summed E-state index contributed by atoms with van der Waals surface area (Å²) in [6, 6.07) is 4.24. The maximum atomic E-state index is 13.1. The van der Waals surface area contributed by atoms with Crippen molar-refractivity contribution in [2.24, 2.45) is 0 Å². The Bertz CT molecular complexity index is 708. The molecule has 1 aliphatic carbocycles. The van der Waals surface area contributed by atoms with Gasteiger partial charge in [-0.05, 0) is 44.2 Å². The first-order valence-electron chi connectivity index (χ1n) is 9.34. The number of pyridine rings is 1. The number of rotatable bonds is 4. The van der Waals surface area contributed by atoms with E-state index in [-0.39, 0.29) is 11.9 Å². The summed E-state index contributed by atoms with van der Waals surface area (Å²) in [5.41, 5.74) is 0.703. The number of anilines is 1. The minimum Gasteiger partial charge on any atom is -0.367 e. The quantitative estimate of drug-likeness (QED) is 0.894. The fraction of sp³-hybridized carbons (Fsp3) is 0.526. The molecule has 4 rings (SSSR count). The van der Waals surface area contributed by atoms with Crippen LogP contribution < -0.4 is 5.32 Å². The van der Waals surface area contributed by atoms with Crippen LogP contribution in [0.3, 0.4) is 0 Å². The summed E-state index contributed by atoms with van der Waals surface area (Å²) in [6.45, 7) is 0.776. The zero-order valence-electron chi connectivity index (χ0n) is 14.4. The van der Waals surface area contributed by atoms with Gasteiger partial charge < -0.3 is 15.2 Å². The highest BCUT2D eigenvalue weighted by atomic mass is 16.2. The summed E-state index contributed by atoms with van der Waals surface area (Å²) in [6.07, 6.45) is 13.4. The second-order valence-corrected chi connectivity index (χ2v) is 7.04. The van der Waals surface area contributed by atoms with Gasteiger partial charge >= 0.3 is 0 Å². The molecule has 132 valence electrons. The minimum atomic E-state index is 0.0376. The number of aromatic amines is 1. The van der Waals surface area contributed by atoms with E-state index in [1.807, 2.05) is 23.2 Å². The van der Waals surface area contributed by atoms with Gasteiger partial charge in [0.25, 0.3) is 5.91 Å². The molecule has 2 N–H and O–H groups in total. The molecule has 0 unspecified atom stereocenters. The fourth-order valence-electron chi connectivity index (χ4n) is 4.01. The van der Waals surface area contributed by atoms with E-state index in [1.54, 1.807) is 12.4 Å². The zero-order valence-corrected chi connectivity index (χ0v) is 14.4. The maximum absolute atomic E-state index is 13.1. The molecule has 0 aromatic carbocycles. The van der Waals surface area contributed by atoms with E-state index in [9.17, 15) is 4.79 Å². The van der Waals surface area contributed by atoms with Crippen LogP contribution in [-0.4, -0.2) is 38.3 Å². The van der Waals surface area contributed by atoms with Gasteiger partial charge in [0, 0.05) is 36.7 Å². The van der Waals surface area contributed by atoms with Crippen LogP contribution in [0.1, 0.15) is 67.2 Å². The normalized spacial score (nSPS) is 21.4. The molecule has 6 nitrogen and oxygen atoms in total. The molecule has 2 aromatic heterocycles. The lowest BCUT2D eigenvalue weighted by Gasteiger charge is -2.34. The average Bonchev–Trinajstić information content (AvgIpc) is 3.35. The van der Waals surface area contributed by atoms with Crippen molar-refractivity contribution < 1.29 is 4.79 Å². The van der Waals surface area contributed by atoms with Crippen LogP contribution in [0.15, 0.2) is 30.7 Å². The molecule has 6 heteroatoms. The van der Waals surface area contributed by atoms with E-state index >= 15 is 0 Å². The Morgan fingerprint density at radius 2 is 1.96 bits per heavy atom. The molecule has 0 bridgehead atoms. The Balaban J connectivity index is 1.52. The van der Waals surface area contributed by atoms with Crippen molar-refractivity contribution in [3.8, 4) is 0 Å². The van der Waals surface area contributed by atoms with Gasteiger partial charge in [-0.1, -0.05) is 12.8 Å².